The van der Waals surface area contributed by atoms with Crippen molar-refractivity contribution in [1.82, 2.24) is 15.1 Å². The topological polar surface area (TPSA) is 108 Å². The Labute approximate surface area is 216 Å². The Morgan fingerprint density at radius 3 is 2.54 bits per heavy atom. The average Bonchev–Trinajstić information content (AvgIpc) is 3.15. The van der Waals surface area contributed by atoms with Crippen LogP contribution in [0.25, 0.3) is 0 Å². The summed E-state index contributed by atoms with van der Waals surface area (Å²) in [5, 5.41) is 2.35. The van der Waals surface area contributed by atoms with Crippen molar-refractivity contribution in [3.63, 3.8) is 0 Å². The summed E-state index contributed by atoms with van der Waals surface area (Å²) < 4.78 is 11.5. The minimum absolute atomic E-state index is 0.140. The standard InChI is InChI=1S/C27H34N4O6/c1-2-36-26(35)30-15-27(16-30)12-20(13-27)37-19-7-9-29(10-8-19)18-3-4-21-17(11-18)14-31(25(21)34)22-5-6-23(32)28-24(22)33/h3-4,11,19-20,22H,2,5-10,12-16H2,1H3,(H,28,32,33). The van der Waals surface area contributed by atoms with E-state index in [-0.39, 0.29) is 47.9 Å². The highest BCUT2D eigenvalue weighted by atomic mass is 16.6. The van der Waals surface area contributed by atoms with Crippen molar-refractivity contribution in [3.8, 4) is 0 Å². The molecule has 1 saturated carbocycles. The Kier molecular flexibility index (Phi) is 6.09. The number of amides is 4. The van der Waals surface area contributed by atoms with Gasteiger partial charge in [0.15, 0.2) is 0 Å². The fourth-order valence-corrected chi connectivity index (χ4v) is 6.65. The number of anilines is 1. The van der Waals surface area contributed by atoms with Gasteiger partial charge >= 0.3 is 6.09 Å². The molecule has 1 aliphatic carbocycles. The Bertz CT molecular complexity index is 1120. The second-order valence-corrected chi connectivity index (χ2v) is 11.1. The fourth-order valence-electron chi connectivity index (χ4n) is 6.65. The number of rotatable bonds is 5. The molecule has 37 heavy (non-hydrogen) atoms. The van der Waals surface area contributed by atoms with E-state index in [1.165, 1.54) is 0 Å². The molecular weight excluding hydrogens is 476 g/mol. The van der Waals surface area contributed by atoms with Crippen molar-refractivity contribution in [2.45, 2.75) is 70.2 Å². The molecule has 1 spiro atoms. The second-order valence-electron chi connectivity index (χ2n) is 11.1. The minimum Gasteiger partial charge on any atom is -0.450 e. The number of fused-ring (bicyclic) bond motifs is 1. The van der Waals surface area contributed by atoms with Gasteiger partial charge in [-0.3, -0.25) is 19.7 Å². The number of hydrogen-bond donors (Lipinski definition) is 1. The van der Waals surface area contributed by atoms with E-state index >= 15 is 0 Å². The number of likely N-dealkylation sites (tertiary alicyclic amines) is 1. The predicted molar refractivity (Wildman–Crippen MR) is 133 cm³/mol. The molecule has 1 atom stereocenters. The molecule has 4 aliphatic heterocycles. The molecule has 4 fully saturated rings. The molecule has 0 aromatic heterocycles. The Balaban J connectivity index is 0.980. The minimum atomic E-state index is -0.590. The van der Waals surface area contributed by atoms with E-state index in [1.54, 1.807) is 9.80 Å². The maximum Gasteiger partial charge on any atom is 0.409 e. The maximum atomic E-state index is 12.9. The number of nitrogens with one attached hydrogen (secondary N) is 1. The van der Waals surface area contributed by atoms with Crippen LogP contribution in [0.2, 0.25) is 0 Å². The number of benzene rings is 1. The summed E-state index contributed by atoms with van der Waals surface area (Å²) in [6.07, 6.45) is 4.90. The maximum absolute atomic E-state index is 12.9. The van der Waals surface area contributed by atoms with Gasteiger partial charge in [-0.05, 0) is 62.8 Å². The van der Waals surface area contributed by atoms with E-state index in [0.717, 1.165) is 63.1 Å². The molecule has 4 heterocycles. The number of carbonyl (C=O) groups excluding carboxylic acids is 4. The van der Waals surface area contributed by atoms with E-state index in [2.05, 4.69) is 16.3 Å². The number of nitrogens with zero attached hydrogens (tertiary/aromatic N) is 3. The summed E-state index contributed by atoms with van der Waals surface area (Å²) in [7, 11) is 0. The van der Waals surface area contributed by atoms with Crippen LogP contribution in [0.5, 0.6) is 0 Å². The first kappa shape index (κ1) is 24.2. The van der Waals surface area contributed by atoms with E-state index in [9.17, 15) is 19.2 Å². The lowest BCUT2D eigenvalue weighted by Crippen LogP contribution is -2.65. The van der Waals surface area contributed by atoms with Gasteiger partial charge in [-0.2, -0.15) is 0 Å². The molecule has 1 aromatic rings. The highest BCUT2D eigenvalue weighted by Gasteiger charge is 2.55. The third-order valence-corrected chi connectivity index (χ3v) is 8.60. The molecule has 0 bridgehead atoms. The molecule has 10 nitrogen and oxygen atoms in total. The van der Waals surface area contributed by atoms with Crippen LogP contribution in [0, 0.1) is 5.41 Å². The van der Waals surface area contributed by atoms with Gasteiger partial charge in [0.2, 0.25) is 11.8 Å². The molecule has 5 aliphatic rings. The van der Waals surface area contributed by atoms with Gasteiger partial charge in [0.05, 0.1) is 18.8 Å². The predicted octanol–water partition coefficient (Wildman–Crippen LogP) is 2.05. The summed E-state index contributed by atoms with van der Waals surface area (Å²) in [5.41, 5.74) is 2.90. The van der Waals surface area contributed by atoms with Gasteiger partial charge in [0.1, 0.15) is 6.04 Å². The van der Waals surface area contributed by atoms with Crippen LogP contribution in [-0.2, 0) is 25.6 Å². The largest absolute Gasteiger partial charge is 0.450 e. The molecule has 3 saturated heterocycles. The van der Waals surface area contributed by atoms with Crippen molar-refractivity contribution in [2.24, 2.45) is 5.41 Å². The van der Waals surface area contributed by atoms with Crippen molar-refractivity contribution >= 4 is 29.5 Å². The molecule has 1 aromatic carbocycles. The Morgan fingerprint density at radius 2 is 1.84 bits per heavy atom. The van der Waals surface area contributed by atoms with Crippen LogP contribution >= 0.6 is 0 Å². The number of piperidine rings is 2. The monoisotopic (exact) mass is 510 g/mol. The molecule has 198 valence electrons. The van der Waals surface area contributed by atoms with Crippen LogP contribution in [-0.4, -0.2) is 84.7 Å². The smallest absolute Gasteiger partial charge is 0.409 e. The van der Waals surface area contributed by atoms with Crippen LogP contribution in [0.1, 0.15) is 61.4 Å². The van der Waals surface area contributed by atoms with Gasteiger partial charge in [-0.15, -0.1) is 0 Å². The molecule has 10 heteroatoms. The lowest BCUT2D eigenvalue weighted by molar-refractivity contribution is -0.164. The van der Waals surface area contributed by atoms with Gasteiger partial charge in [-0.1, -0.05) is 0 Å². The van der Waals surface area contributed by atoms with Crippen molar-refractivity contribution in [3.05, 3.63) is 29.3 Å². The second kappa shape index (κ2) is 9.31. The quantitative estimate of drug-likeness (QED) is 0.604. The molecule has 4 amide bonds. The van der Waals surface area contributed by atoms with Crippen LogP contribution in [0.15, 0.2) is 18.2 Å². The molecule has 1 unspecified atom stereocenters. The molecule has 1 N–H and O–H groups in total. The van der Waals surface area contributed by atoms with Crippen molar-refractivity contribution < 1.29 is 28.7 Å². The van der Waals surface area contributed by atoms with Crippen LogP contribution in [0.4, 0.5) is 10.5 Å². The zero-order valence-electron chi connectivity index (χ0n) is 21.2. The molecule has 6 rings (SSSR count). The van der Waals surface area contributed by atoms with Gasteiger partial charge < -0.3 is 24.2 Å². The highest BCUT2D eigenvalue weighted by Crippen LogP contribution is 2.50. The van der Waals surface area contributed by atoms with E-state index < -0.39 is 6.04 Å². The molecule has 0 radical (unpaired) electrons. The molecular formula is C27H34N4O6. The van der Waals surface area contributed by atoms with E-state index in [4.69, 9.17) is 9.47 Å². The van der Waals surface area contributed by atoms with Crippen LogP contribution in [0.3, 0.4) is 0 Å². The normalized spacial score (nSPS) is 25.6. The summed E-state index contributed by atoms with van der Waals surface area (Å²) in [5.74, 6) is -0.801. The zero-order chi connectivity index (χ0) is 25.7. The third-order valence-electron chi connectivity index (χ3n) is 8.60. The van der Waals surface area contributed by atoms with Crippen LogP contribution < -0.4 is 10.2 Å². The van der Waals surface area contributed by atoms with E-state index in [0.29, 0.717) is 25.1 Å². The number of imide groups is 1. The van der Waals surface area contributed by atoms with Gasteiger partial charge in [0.25, 0.3) is 5.91 Å². The first-order chi connectivity index (χ1) is 17.8. The first-order valence-corrected chi connectivity index (χ1v) is 13.4. The van der Waals surface area contributed by atoms with Crippen molar-refractivity contribution in [1.29, 1.82) is 0 Å². The average molecular weight is 511 g/mol. The van der Waals surface area contributed by atoms with Gasteiger partial charge in [-0.25, -0.2) is 4.79 Å². The zero-order valence-corrected chi connectivity index (χ0v) is 21.2. The number of ether oxygens (including phenoxy) is 2. The lowest BCUT2D eigenvalue weighted by atomic mass is 9.62. The number of hydrogen-bond acceptors (Lipinski definition) is 7. The number of carbonyl (C=O) groups is 4. The summed E-state index contributed by atoms with van der Waals surface area (Å²) in [6.45, 7) is 5.99. The Hall–Kier alpha value is -3.14. The third kappa shape index (κ3) is 4.45. The van der Waals surface area contributed by atoms with Gasteiger partial charge in [0, 0.05) is 55.8 Å². The summed E-state index contributed by atoms with van der Waals surface area (Å²) in [6, 6.07) is 5.34. The van der Waals surface area contributed by atoms with Crippen molar-refractivity contribution in [2.75, 3.05) is 37.7 Å². The lowest BCUT2D eigenvalue weighted by Gasteiger charge is -2.58. The SMILES string of the molecule is CCOC(=O)N1CC2(CC(OC3CCN(c4ccc5c(c4)CN(C4CCC(=O)NC4=O)C5=O)CC3)C2)C1. The first-order valence-electron chi connectivity index (χ1n) is 13.4. The highest BCUT2D eigenvalue weighted by molar-refractivity contribution is 6.05. The van der Waals surface area contributed by atoms with E-state index in [1.807, 2.05) is 19.1 Å². The summed E-state index contributed by atoms with van der Waals surface area (Å²) in [4.78, 5) is 54.3. The fraction of sp³-hybridized carbons (Fsp3) is 0.630. The Morgan fingerprint density at radius 1 is 1.08 bits per heavy atom. The summed E-state index contributed by atoms with van der Waals surface area (Å²) >= 11 is 0.